The molecule has 5 heteroatoms. The molecule has 0 aliphatic heterocycles. The Balaban J connectivity index is 3.43. The molecule has 1 rings (SSSR count). The minimum atomic E-state index is -4.37. The number of hydrogen-bond acceptors (Lipinski definition) is 3. The fourth-order valence-electron chi connectivity index (χ4n) is 1.19. The van der Waals surface area contributed by atoms with Crippen molar-refractivity contribution in [3.8, 4) is 5.75 Å². The van der Waals surface area contributed by atoms with E-state index in [0.717, 1.165) is 5.56 Å². The number of aromatic hydroxyl groups is 1. The number of phenolic OH excluding ortho intramolecular Hbond substituents is 1. The molecule has 15 heavy (non-hydrogen) atoms. The first-order chi connectivity index (χ1) is 6.62. The molecule has 2 N–H and O–H groups in total. The lowest BCUT2D eigenvalue weighted by Gasteiger charge is -2.19. The van der Waals surface area contributed by atoms with Crippen molar-refractivity contribution in [2.75, 3.05) is 0 Å². The van der Waals surface area contributed by atoms with Crippen LogP contribution in [-0.2, 0) is 15.5 Å². The van der Waals surface area contributed by atoms with Crippen LogP contribution in [0.4, 0.5) is 0 Å². The van der Waals surface area contributed by atoms with Gasteiger partial charge in [0, 0.05) is 0 Å². The van der Waals surface area contributed by atoms with Crippen molar-refractivity contribution in [1.82, 2.24) is 0 Å². The highest BCUT2D eigenvalue weighted by molar-refractivity contribution is 7.86. The summed E-state index contributed by atoms with van der Waals surface area (Å²) >= 11 is 0. The highest BCUT2D eigenvalue weighted by atomic mass is 32.2. The predicted octanol–water partition coefficient (Wildman–Crippen LogP) is 1.94. The summed E-state index contributed by atoms with van der Waals surface area (Å²) in [6, 6.07) is 4.18. The van der Waals surface area contributed by atoms with Gasteiger partial charge in [0.2, 0.25) is 0 Å². The van der Waals surface area contributed by atoms with E-state index in [1.54, 1.807) is 6.07 Å². The second-order valence-electron chi connectivity index (χ2n) is 4.41. The van der Waals surface area contributed by atoms with Gasteiger partial charge in [-0.1, -0.05) is 26.8 Å². The van der Waals surface area contributed by atoms with Gasteiger partial charge in [-0.25, -0.2) is 0 Å². The molecule has 0 saturated heterocycles. The zero-order chi connectivity index (χ0) is 11.9. The van der Waals surface area contributed by atoms with Gasteiger partial charge in [-0.15, -0.1) is 0 Å². The third-order valence-electron chi connectivity index (χ3n) is 2.10. The van der Waals surface area contributed by atoms with Crippen LogP contribution in [0.5, 0.6) is 5.75 Å². The lowest BCUT2D eigenvalue weighted by Crippen LogP contribution is -2.12. The zero-order valence-electron chi connectivity index (χ0n) is 8.85. The summed E-state index contributed by atoms with van der Waals surface area (Å²) in [5, 5.41) is 9.30. The summed E-state index contributed by atoms with van der Waals surface area (Å²) in [5.41, 5.74) is 0.487. The number of rotatable bonds is 1. The zero-order valence-corrected chi connectivity index (χ0v) is 9.67. The van der Waals surface area contributed by atoms with Crippen LogP contribution in [-0.4, -0.2) is 18.1 Å². The maximum atomic E-state index is 10.9. The van der Waals surface area contributed by atoms with E-state index in [9.17, 15) is 13.5 Å². The molecule has 0 unspecified atom stereocenters. The Morgan fingerprint density at radius 2 is 1.73 bits per heavy atom. The molecule has 0 aliphatic rings. The molecular formula is C10H14O4S. The lowest BCUT2D eigenvalue weighted by molar-refractivity contribution is 0.441. The Kier molecular flexibility index (Phi) is 2.80. The molecule has 1 aromatic carbocycles. The van der Waals surface area contributed by atoms with Gasteiger partial charge in [0.1, 0.15) is 10.6 Å². The van der Waals surface area contributed by atoms with Crippen LogP contribution >= 0.6 is 0 Å². The average Bonchev–Trinajstić information content (AvgIpc) is 2.00. The summed E-state index contributed by atoms with van der Waals surface area (Å²) < 4.78 is 30.7. The first kappa shape index (κ1) is 12.0. The van der Waals surface area contributed by atoms with Crippen LogP contribution in [0.25, 0.3) is 0 Å². The van der Waals surface area contributed by atoms with Crippen molar-refractivity contribution in [3.63, 3.8) is 0 Å². The summed E-state index contributed by atoms with van der Waals surface area (Å²) in [6.07, 6.45) is 0. The van der Waals surface area contributed by atoms with Crippen LogP contribution in [0.1, 0.15) is 26.3 Å². The largest absolute Gasteiger partial charge is 0.506 e. The van der Waals surface area contributed by atoms with Crippen molar-refractivity contribution < 1.29 is 18.1 Å². The molecule has 0 spiro atoms. The minimum absolute atomic E-state index is 0.243. The lowest BCUT2D eigenvalue weighted by atomic mass is 9.87. The molecule has 0 aromatic heterocycles. The Morgan fingerprint density at radius 3 is 2.13 bits per heavy atom. The molecule has 84 valence electrons. The minimum Gasteiger partial charge on any atom is -0.506 e. The quantitative estimate of drug-likeness (QED) is 0.723. The van der Waals surface area contributed by atoms with Crippen LogP contribution in [0.3, 0.4) is 0 Å². The summed E-state index contributed by atoms with van der Waals surface area (Å²) in [5.74, 6) is -0.439. The van der Waals surface area contributed by atoms with Gasteiger partial charge in [-0.3, -0.25) is 4.55 Å². The average molecular weight is 230 g/mol. The number of phenols is 1. The van der Waals surface area contributed by atoms with E-state index in [4.69, 9.17) is 4.55 Å². The standard InChI is InChI=1S/C10H14O4S/c1-10(2,3)7-4-5-8(11)9(6-7)15(12,13)14/h4-6,11H,1-3H3,(H,12,13,14). The van der Waals surface area contributed by atoms with Crippen molar-refractivity contribution in [3.05, 3.63) is 23.8 Å². The Bertz CT molecular complexity index is 469. The van der Waals surface area contributed by atoms with E-state index in [0.29, 0.717) is 0 Å². The van der Waals surface area contributed by atoms with E-state index < -0.39 is 20.8 Å². The molecule has 1 aromatic rings. The Hall–Kier alpha value is -1.07. The number of hydrogen-bond donors (Lipinski definition) is 2. The second-order valence-corrected chi connectivity index (χ2v) is 5.80. The van der Waals surface area contributed by atoms with Gasteiger partial charge in [-0.05, 0) is 23.1 Å². The van der Waals surface area contributed by atoms with Gasteiger partial charge >= 0.3 is 0 Å². The SMILES string of the molecule is CC(C)(C)c1ccc(O)c(S(=O)(=O)O)c1. The van der Waals surface area contributed by atoms with Crippen LogP contribution in [0, 0.1) is 0 Å². The van der Waals surface area contributed by atoms with Crippen molar-refractivity contribution in [2.24, 2.45) is 0 Å². The number of benzene rings is 1. The van der Waals surface area contributed by atoms with Gasteiger partial charge in [0.25, 0.3) is 10.1 Å². The molecule has 0 fully saturated rings. The van der Waals surface area contributed by atoms with E-state index in [1.807, 2.05) is 20.8 Å². The van der Waals surface area contributed by atoms with Gasteiger partial charge in [0.05, 0.1) is 0 Å². The fraction of sp³-hybridized carbons (Fsp3) is 0.400. The normalized spacial score (nSPS) is 12.8. The van der Waals surface area contributed by atoms with Gasteiger partial charge in [-0.2, -0.15) is 8.42 Å². The fourth-order valence-corrected chi connectivity index (χ4v) is 1.80. The smallest absolute Gasteiger partial charge is 0.298 e. The summed E-state index contributed by atoms with van der Waals surface area (Å²) in [6.45, 7) is 5.73. The molecule has 0 heterocycles. The maximum absolute atomic E-state index is 10.9. The van der Waals surface area contributed by atoms with Gasteiger partial charge in [0.15, 0.2) is 0 Å². The van der Waals surface area contributed by atoms with E-state index in [1.165, 1.54) is 12.1 Å². The monoisotopic (exact) mass is 230 g/mol. The molecule has 0 saturated carbocycles. The molecule has 0 radical (unpaired) electrons. The van der Waals surface area contributed by atoms with E-state index >= 15 is 0 Å². The molecule has 4 nitrogen and oxygen atoms in total. The third kappa shape index (κ3) is 2.70. The van der Waals surface area contributed by atoms with Crippen molar-refractivity contribution >= 4 is 10.1 Å². The van der Waals surface area contributed by atoms with E-state index in [-0.39, 0.29) is 5.41 Å². The van der Waals surface area contributed by atoms with Gasteiger partial charge < -0.3 is 5.11 Å². The summed E-state index contributed by atoms with van der Waals surface area (Å²) in [4.78, 5) is -0.449. The first-order valence-corrected chi connectivity index (χ1v) is 5.87. The van der Waals surface area contributed by atoms with Crippen LogP contribution < -0.4 is 0 Å². The Morgan fingerprint density at radius 1 is 1.20 bits per heavy atom. The highest BCUT2D eigenvalue weighted by Gasteiger charge is 2.20. The molecule has 0 aliphatic carbocycles. The molecule has 0 bridgehead atoms. The third-order valence-corrected chi connectivity index (χ3v) is 2.99. The Labute approximate surface area is 89.3 Å². The van der Waals surface area contributed by atoms with Crippen LogP contribution in [0.15, 0.2) is 23.1 Å². The molecule has 0 atom stereocenters. The predicted molar refractivity (Wildman–Crippen MR) is 56.6 cm³/mol. The first-order valence-electron chi connectivity index (χ1n) is 4.43. The summed E-state index contributed by atoms with van der Waals surface area (Å²) in [7, 11) is -4.37. The molecule has 0 amide bonds. The van der Waals surface area contributed by atoms with Crippen LogP contribution in [0.2, 0.25) is 0 Å². The van der Waals surface area contributed by atoms with Crippen molar-refractivity contribution in [1.29, 1.82) is 0 Å². The topological polar surface area (TPSA) is 74.6 Å². The van der Waals surface area contributed by atoms with Crippen molar-refractivity contribution in [2.45, 2.75) is 31.1 Å². The highest BCUT2D eigenvalue weighted by Crippen LogP contribution is 2.29. The second kappa shape index (κ2) is 3.50. The van der Waals surface area contributed by atoms with E-state index in [2.05, 4.69) is 0 Å². The maximum Gasteiger partial charge on any atom is 0.298 e. The molecular weight excluding hydrogens is 216 g/mol.